The zero-order valence-electron chi connectivity index (χ0n) is 12.3. The van der Waals surface area contributed by atoms with Gasteiger partial charge in [0, 0.05) is 31.2 Å². The van der Waals surface area contributed by atoms with E-state index in [1.54, 1.807) is 18.2 Å². The van der Waals surface area contributed by atoms with Crippen molar-refractivity contribution in [2.24, 2.45) is 0 Å². The number of rotatable bonds is 2. The van der Waals surface area contributed by atoms with E-state index in [1.165, 1.54) is 4.90 Å². The molecule has 0 aliphatic carbocycles. The second kappa shape index (κ2) is 6.16. The Balaban J connectivity index is 1.82. The summed E-state index contributed by atoms with van der Waals surface area (Å²) in [6.45, 7) is 3.39. The molecule has 0 radical (unpaired) electrons. The molecule has 0 unspecified atom stereocenters. The summed E-state index contributed by atoms with van der Waals surface area (Å²) in [5, 5.41) is 0.789. The predicted molar refractivity (Wildman–Crippen MR) is 86.4 cm³/mol. The van der Waals surface area contributed by atoms with Gasteiger partial charge in [0.05, 0.1) is 23.2 Å². The van der Waals surface area contributed by atoms with Crippen LogP contribution in [0.4, 0.5) is 5.69 Å². The number of nitrogens with zero attached hydrogens (tertiary/aromatic N) is 3. The molecule has 3 rings (SSSR count). The first-order valence-electron chi connectivity index (χ1n) is 7.22. The van der Waals surface area contributed by atoms with Crippen molar-refractivity contribution in [1.82, 2.24) is 9.80 Å². The molecule has 1 aromatic carbocycles. The maximum atomic E-state index is 12.7. The van der Waals surface area contributed by atoms with Gasteiger partial charge in [-0.2, -0.15) is 0 Å². The topological polar surface area (TPSA) is 43.9 Å². The van der Waals surface area contributed by atoms with Gasteiger partial charge in [0.15, 0.2) is 0 Å². The van der Waals surface area contributed by atoms with Crippen molar-refractivity contribution < 1.29 is 9.59 Å². The van der Waals surface area contributed by atoms with Gasteiger partial charge in [0.25, 0.3) is 5.91 Å². The lowest BCUT2D eigenvalue weighted by atomic mass is 10.2. The van der Waals surface area contributed by atoms with Crippen LogP contribution in [0.3, 0.4) is 0 Å². The molecule has 22 heavy (non-hydrogen) atoms. The Morgan fingerprint density at radius 2 is 1.77 bits per heavy atom. The molecule has 1 atom stereocenters. The van der Waals surface area contributed by atoms with E-state index in [2.05, 4.69) is 16.8 Å². The predicted octanol–water partition coefficient (Wildman–Crippen LogP) is 1.87. The Kier molecular flexibility index (Phi) is 4.41. The molecule has 0 saturated carbocycles. The number of piperazine rings is 1. The summed E-state index contributed by atoms with van der Waals surface area (Å²) in [6, 6.07) is 4.41. The van der Waals surface area contributed by atoms with E-state index < -0.39 is 0 Å². The van der Waals surface area contributed by atoms with Crippen molar-refractivity contribution in [3.63, 3.8) is 0 Å². The fourth-order valence-electron chi connectivity index (χ4n) is 2.95. The van der Waals surface area contributed by atoms with Gasteiger partial charge in [-0.3, -0.25) is 14.5 Å². The monoisotopic (exact) mass is 341 g/mol. The molecular weight excluding hydrogens is 325 g/mol. The summed E-state index contributed by atoms with van der Waals surface area (Å²) >= 11 is 12.0. The summed E-state index contributed by atoms with van der Waals surface area (Å²) in [5.41, 5.74) is 0.415. The van der Waals surface area contributed by atoms with Gasteiger partial charge in [0.1, 0.15) is 0 Å². The average Bonchev–Trinajstić information content (AvgIpc) is 2.76. The average molecular weight is 342 g/mol. The van der Waals surface area contributed by atoms with E-state index in [9.17, 15) is 9.59 Å². The molecular formula is C15H17Cl2N3O2. The molecule has 0 bridgehead atoms. The molecule has 2 aliphatic rings. The molecule has 0 N–H and O–H groups in total. The van der Waals surface area contributed by atoms with Crippen LogP contribution in [0.15, 0.2) is 18.2 Å². The van der Waals surface area contributed by atoms with Gasteiger partial charge in [-0.05, 0) is 25.2 Å². The van der Waals surface area contributed by atoms with Crippen LogP contribution in [-0.2, 0) is 9.59 Å². The Morgan fingerprint density at radius 1 is 1.09 bits per heavy atom. The number of benzene rings is 1. The number of halogens is 2. The van der Waals surface area contributed by atoms with Crippen molar-refractivity contribution in [2.45, 2.75) is 12.5 Å². The molecule has 5 nitrogen and oxygen atoms in total. The highest BCUT2D eigenvalue weighted by molar-refractivity contribution is 6.38. The van der Waals surface area contributed by atoms with Crippen LogP contribution in [0.1, 0.15) is 6.42 Å². The highest BCUT2D eigenvalue weighted by atomic mass is 35.5. The SMILES string of the molecule is CN1CCN([C@@H]2CC(=O)N(c3ccc(Cl)cc3Cl)C2=O)CC1. The maximum absolute atomic E-state index is 12.7. The van der Waals surface area contributed by atoms with Crippen molar-refractivity contribution in [1.29, 1.82) is 0 Å². The molecule has 2 amide bonds. The first kappa shape index (κ1) is 15.7. The van der Waals surface area contributed by atoms with Crippen LogP contribution >= 0.6 is 23.2 Å². The van der Waals surface area contributed by atoms with Crippen LogP contribution in [-0.4, -0.2) is 60.9 Å². The number of anilines is 1. The molecule has 0 aromatic heterocycles. The molecule has 2 aliphatic heterocycles. The summed E-state index contributed by atoms with van der Waals surface area (Å²) in [5.74, 6) is -0.406. The summed E-state index contributed by atoms with van der Waals surface area (Å²) in [7, 11) is 2.05. The van der Waals surface area contributed by atoms with E-state index in [0.717, 1.165) is 26.2 Å². The Labute approximate surface area is 139 Å². The smallest absolute Gasteiger partial charge is 0.251 e. The molecule has 0 spiro atoms. The third-order valence-electron chi connectivity index (χ3n) is 4.25. The van der Waals surface area contributed by atoms with Crippen LogP contribution in [0.5, 0.6) is 0 Å². The first-order chi connectivity index (χ1) is 10.5. The largest absolute Gasteiger partial charge is 0.304 e. The lowest BCUT2D eigenvalue weighted by Gasteiger charge is -2.35. The van der Waals surface area contributed by atoms with Gasteiger partial charge in [-0.1, -0.05) is 23.2 Å². The minimum absolute atomic E-state index is 0.196. The quantitative estimate of drug-likeness (QED) is 0.770. The highest BCUT2D eigenvalue weighted by Gasteiger charge is 2.43. The normalized spacial score (nSPS) is 24.3. The third-order valence-corrected chi connectivity index (χ3v) is 4.79. The molecule has 2 heterocycles. The minimum Gasteiger partial charge on any atom is -0.304 e. The van der Waals surface area contributed by atoms with Crippen molar-refractivity contribution in [3.8, 4) is 0 Å². The lowest BCUT2D eigenvalue weighted by molar-refractivity contribution is -0.123. The second-order valence-electron chi connectivity index (χ2n) is 5.72. The number of hydrogen-bond donors (Lipinski definition) is 0. The van der Waals surface area contributed by atoms with Crippen LogP contribution < -0.4 is 4.90 Å². The highest BCUT2D eigenvalue weighted by Crippen LogP contribution is 2.33. The molecule has 7 heteroatoms. The van der Waals surface area contributed by atoms with E-state index >= 15 is 0 Å². The lowest BCUT2D eigenvalue weighted by Crippen LogP contribution is -2.51. The summed E-state index contributed by atoms with van der Waals surface area (Å²) in [4.78, 5) is 30.5. The molecule has 2 saturated heterocycles. The zero-order valence-corrected chi connectivity index (χ0v) is 13.8. The van der Waals surface area contributed by atoms with Crippen LogP contribution in [0, 0.1) is 0 Å². The fourth-order valence-corrected chi connectivity index (χ4v) is 3.44. The van der Waals surface area contributed by atoms with Crippen LogP contribution in [0.25, 0.3) is 0 Å². The Bertz CT molecular complexity index is 615. The van der Waals surface area contributed by atoms with E-state index in [1.807, 2.05) is 0 Å². The van der Waals surface area contributed by atoms with Gasteiger partial charge in [0.2, 0.25) is 5.91 Å². The standard InChI is InChI=1S/C15H17Cl2N3O2/c1-18-4-6-19(7-5-18)13-9-14(21)20(15(13)22)12-3-2-10(16)8-11(12)17/h2-3,8,13H,4-7,9H2,1H3/t13-/m1/s1. The molecule has 118 valence electrons. The summed E-state index contributed by atoms with van der Waals surface area (Å²) < 4.78 is 0. The number of likely N-dealkylation sites (N-methyl/N-ethyl adjacent to an activating group) is 1. The van der Waals surface area contributed by atoms with Gasteiger partial charge in [-0.15, -0.1) is 0 Å². The third kappa shape index (κ3) is 2.86. The second-order valence-corrected chi connectivity index (χ2v) is 6.57. The summed E-state index contributed by atoms with van der Waals surface area (Å²) in [6.07, 6.45) is 0.210. The number of carbonyl (C=O) groups excluding carboxylic acids is 2. The van der Waals surface area contributed by atoms with Gasteiger partial charge >= 0.3 is 0 Å². The van der Waals surface area contributed by atoms with E-state index in [-0.39, 0.29) is 24.3 Å². The van der Waals surface area contributed by atoms with Crippen molar-refractivity contribution in [3.05, 3.63) is 28.2 Å². The zero-order chi connectivity index (χ0) is 15.9. The Hall–Kier alpha value is -1.14. The van der Waals surface area contributed by atoms with Gasteiger partial charge in [-0.25, -0.2) is 4.90 Å². The first-order valence-corrected chi connectivity index (χ1v) is 7.97. The minimum atomic E-state index is -0.382. The number of imide groups is 1. The molecule has 2 fully saturated rings. The van der Waals surface area contributed by atoms with E-state index in [4.69, 9.17) is 23.2 Å². The van der Waals surface area contributed by atoms with E-state index in [0.29, 0.717) is 15.7 Å². The number of carbonyl (C=O) groups is 2. The number of amides is 2. The van der Waals surface area contributed by atoms with Crippen LogP contribution in [0.2, 0.25) is 10.0 Å². The molecule has 1 aromatic rings. The Morgan fingerprint density at radius 3 is 2.41 bits per heavy atom. The van der Waals surface area contributed by atoms with Crippen molar-refractivity contribution >= 4 is 40.7 Å². The number of hydrogen-bond acceptors (Lipinski definition) is 4. The maximum Gasteiger partial charge on any atom is 0.251 e. The van der Waals surface area contributed by atoms with Crippen molar-refractivity contribution in [2.75, 3.05) is 38.1 Å². The fraction of sp³-hybridized carbons (Fsp3) is 0.467. The van der Waals surface area contributed by atoms with Gasteiger partial charge < -0.3 is 4.90 Å².